The first-order valence-corrected chi connectivity index (χ1v) is 10.5. The van der Waals surface area contributed by atoms with Gasteiger partial charge in [-0.05, 0) is 50.2 Å². The minimum absolute atomic E-state index is 0.227. The van der Waals surface area contributed by atoms with Crippen LogP contribution in [0, 0.1) is 0 Å². The molecular formula is C23H25BrN2O4. The fourth-order valence-electron chi connectivity index (χ4n) is 3.30. The number of hydrogen-bond acceptors (Lipinski definition) is 5. The summed E-state index contributed by atoms with van der Waals surface area (Å²) in [6, 6.07) is 14.8. The van der Waals surface area contributed by atoms with E-state index in [1.807, 2.05) is 56.3 Å². The van der Waals surface area contributed by atoms with Crippen molar-refractivity contribution in [1.82, 2.24) is 10.3 Å². The smallest absolute Gasteiger partial charge is 0.252 e. The van der Waals surface area contributed by atoms with Gasteiger partial charge in [-0.2, -0.15) is 0 Å². The van der Waals surface area contributed by atoms with Crippen molar-refractivity contribution in [2.75, 3.05) is 20.8 Å². The third kappa shape index (κ3) is 4.98. The van der Waals surface area contributed by atoms with Crippen LogP contribution in [0.4, 0.5) is 0 Å². The number of methoxy groups -OCH3 is 2. The van der Waals surface area contributed by atoms with Gasteiger partial charge < -0.3 is 19.5 Å². The van der Waals surface area contributed by atoms with Gasteiger partial charge in [0.2, 0.25) is 0 Å². The van der Waals surface area contributed by atoms with E-state index >= 15 is 0 Å². The van der Waals surface area contributed by atoms with Crippen LogP contribution in [0.25, 0.3) is 22.2 Å². The van der Waals surface area contributed by atoms with Gasteiger partial charge >= 0.3 is 0 Å². The van der Waals surface area contributed by atoms with E-state index in [2.05, 4.69) is 21.2 Å². The molecule has 3 rings (SSSR count). The van der Waals surface area contributed by atoms with Crippen molar-refractivity contribution in [2.45, 2.75) is 26.2 Å². The second-order valence-corrected chi connectivity index (χ2v) is 7.69. The van der Waals surface area contributed by atoms with Crippen molar-refractivity contribution in [3.63, 3.8) is 0 Å². The number of nitrogens with one attached hydrogen (secondary N) is 1. The van der Waals surface area contributed by atoms with Crippen LogP contribution in [0.3, 0.4) is 0 Å². The maximum atomic E-state index is 13.2. The van der Waals surface area contributed by atoms with Gasteiger partial charge in [0.15, 0.2) is 6.29 Å². The Kier molecular flexibility index (Phi) is 7.42. The molecule has 3 aromatic rings. The Bertz CT molecular complexity index is 1040. The molecule has 1 amide bonds. The molecule has 0 unspecified atom stereocenters. The van der Waals surface area contributed by atoms with Gasteiger partial charge in [-0.3, -0.25) is 4.79 Å². The van der Waals surface area contributed by atoms with E-state index in [1.54, 1.807) is 20.3 Å². The maximum Gasteiger partial charge on any atom is 0.252 e. The van der Waals surface area contributed by atoms with E-state index in [1.165, 1.54) is 0 Å². The molecule has 0 bridgehead atoms. The normalized spacial score (nSPS) is 12.2. The zero-order chi connectivity index (χ0) is 21.7. The molecule has 0 saturated heterocycles. The molecule has 0 radical (unpaired) electrons. The van der Waals surface area contributed by atoms with Crippen molar-refractivity contribution < 1.29 is 19.0 Å². The van der Waals surface area contributed by atoms with Crippen molar-refractivity contribution in [3.8, 4) is 17.0 Å². The number of benzene rings is 2. The average molecular weight is 473 g/mol. The largest absolute Gasteiger partial charge is 0.494 e. The number of pyridine rings is 1. The summed E-state index contributed by atoms with van der Waals surface area (Å²) in [4.78, 5) is 18.0. The molecule has 0 aliphatic rings. The molecule has 1 atom stereocenters. The summed E-state index contributed by atoms with van der Waals surface area (Å²) in [6.07, 6.45) is -0.545. The van der Waals surface area contributed by atoms with Crippen LogP contribution in [-0.4, -0.2) is 44.0 Å². The van der Waals surface area contributed by atoms with Crippen molar-refractivity contribution >= 4 is 32.7 Å². The molecule has 0 spiro atoms. The molecule has 2 aromatic carbocycles. The zero-order valence-corrected chi connectivity index (χ0v) is 19.0. The lowest BCUT2D eigenvalue weighted by atomic mass is 10.0. The number of halogens is 1. The fraction of sp³-hybridized carbons (Fsp3) is 0.304. The topological polar surface area (TPSA) is 69.7 Å². The van der Waals surface area contributed by atoms with Crippen LogP contribution < -0.4 is 10.1 Å². The third-order valence-electron chi connectivity index (χ3n) is 4.69. The predicted octanol–water partition coefficient (Wildman–Crippen LogP) is 4.80. The van der Waals surface area contributed by atoms with Crippen LogP contribution in [0.2, 0.25) is 0 Å². The number of nitrogens with zero attached hydrogens (tertiary/aromatic N) is 1. The number of hydrogen-bond donors (Lipinski definition) is 1. The van der Waals surface area contributed by atoms with Crippen molar-refractivity contribution in [2.24, 2.45) is 0 Å². The average Bonchev–Trinajstić information content (AvgIpc) is 2.74. The Morgan fingerprint density at radius 2 is 1.90 bits per heavy atom. The molecular weight excluding hydrogens is 448 g/mol. The first kappa shape index (κ1) is 22.2. The van der Waals surface area contributed by atoms with Crippen LogP contribution in [-0.2, 0) is 9.47 Å². The number of rotatable bonds is 8. The second-order valence-electron chi connectivity index (χ2n) is 6.78. The Hall–Kier alpha value is -2.48. The molecule has 0 fully saturated rings. The van der Waals surface area contributed by atoms with E-state index in [9.17, 15) is 4.79 Å². The minimum Gasteiger partial charge on any atom is -0.494 e. The fourth-order valence-corrected chi connectivity index (χ4v) is 3.66. The molecule has 0 saturated carbocycles. The molecule has 7 heteroatoms. The Morgan fingerprint density at radius 1 is 1.13 bits per heavy atom. The maximum absolute atomic E-state index is 13.2. The summed E-state index contributed by atoms with van der Waals surface area (Å²) in [5, 5.41) is 3.72. The van der Waals surface area contributed by atoms with Gasteiger partial charge in [-0.15, -0.1) is 0 Å². The zero-order valence-electron chi connectivity index (χ0n) is 17.4. The lowest BCUT2D eigenvalue weighted by molar-refractivity contribution is -0.117. The van der Waals surface area contributed by atoms with Crippen molar-refractivity contribution in [1.29, 1.82) is 0 Å². The minimum atomic E-state index is -0.545. The summed E-state index contributed by atoms with van der Waals surface area (Å²) < 4.78 is 17.0. The number of amides is 1. The first-order valence-electron chi connectivity index (χ1n) is 9.66. The molecule has 1 N–H and O–H groups in total. The highest BCUT2D eigenvalue weighted by Crippen LogP contribution is 2.29. The molecule has 1 aromatic heterocycles. The van der Waals surface area contributed by atoms with E-state index in [-0.39, 0.29) is 11.9 Å². The molecule has 0 aliphatic carbocycles. The van der Waals surface area contributed by atoms with E-state index in [4.69, 9.17) is 19.2 Å². The van der Waals surface area contributed by atoms with E-state index in [0.29, 0.717) is 17.9 Å². The predicted molar refractivity (Wildman–Crippen MR) is 121 cm³/mol. The number of fused-ring (bicyclic) bond motifs is 1. The number of carbonyl (C=O) groups is 1. The Balaban J connectivity index is 2.07. The van der Waals surface area contributed by atoms with Gasteiger partial charge in [0.25, 0.3) is 5.91 Å². The Labute approximate surface area is 184 Å². The van der Waals surface area contributed by atoms with Gasteiger partial charge in [-0.1, -0.05) is 28.1 Å². The van der Waals surface area contributed by atoms with Crippen LogP contribution >= 0.6 is 15.9 Å². The van der Waals surface area contributed by atoms with Gasteiger partial charge in [0.1, 0.15) is 5.75 Å². The van der Waals surface area contributed by atoms with Crippen LogP contribution in [0.15, 0.2) is 53.0 Å². The van der Waals surface area contributed by atoms with Crippen LogP contribution in [0.5, 0.6) is 5.75 Å². The third-order valence-corrected chi connectivity index (χ3v) is 5.18. The van der Waals surface area contributed by atoms with Gasteiger partial charge in [-0.25, -0.2) is 4.98 Å². The second kappa shape index (κ2) is 10.0. The summed E-state index contributed by atoms with van der Waals surface area (Å²) in [5.41, 5.74) is 2.82. The van der Waals surface area contributed by atoms with Crippen molar-refractivity contribution in [3.05, 3.63) is 58.6 Å². The number of ether oxygens (including phenoxy) is 3. The van der Waals surface area contributed by atoms with Crippen LogP contribution in [0.1, 0.15) is 24.2 Å². The molecule has 1 heterocycles. The van der Waals surface area contributed by atoms with Gasteiger partial charge in [0, 0.05) is 29.6 Å². The molecule has 6 nitrogen and oxygen atoms in total. The number of carbonyl (C=O) groups excluding carboxylic acids is 1. The summed E-state index contributed by atoms with van der Waals surface area (Å²) >= 11 is 3.49. The lowest BCUT2D eigenvalue weighted by Crippen LogP contribution is -2.43. The van der Waals surface area contributed by atoms with E-state index in [0.717, 1.165) is 26.7 Å². The summed E-state index contributed by atoms with van der Waals surface area (Å²) in [6.45, 7) is 4.35. The highest BCUT2D eigenvalue weighted by Gasteiger charge is 2.21. The SMILES string of the molecule is CCOc1cccc(-c2cc(C(=O)N[C@H](C)C(OC)OC)c3cc(Br)ccc3n2)c1. The molecule has 0 aliphatic heterocycles. The quantitative estimate of drug-likeness (QED) is 0.476. The first-order chi connectivity index (χ1) is 14.5. The summed E-state index contributed by atoms with van der Waals surface area (Å²) in [5.74, 6) is 0.532. The monoisotopic (exact) mass is 472 g/mol. The molecule has 30 heavy (non-hydrogen) atoms. The molecule has 158 valence electrons. The standard InChI is InChI=1S/C23H25BrN2O4/c1-5-30-17-8-6-7-15(11-17)21-13-19(18-12-16(24)9-10-20(18)26-21)22(27)25-14(2)23(28-3)29-4/h6-14,23H,5H2,1-4H3,(H,25,27)/t14-/m1/s1. The Morgan fingerprint density at radius 3 is 2.60 bits per heavy atom. The van der Waals surface area contributed by atoms with E-state index < -0.39 is 6.29 Å². The highest BCUT2D eigenvalue weighted by molar-refractivity contribution is 9.10. The van der Waals surface area contributed by atoms with Gasteiger partial charge in [0.05, 0.1) is 29.4 Å². The summed E-state index contributed by atoms with van der Waals surface area (Å²) in [7, 11) is 3.08. The number of aromatic nitrogens is 1. The highest BCUT2D eigenvalue weighted by atomic mass is 79.9. The lowest BCUT2D eigenvalue weighted by Gasteiger charge is -2.22.